The van der Waals surface area contributed by atoms with Crippen LogP contribution in [0.3, 0.4) is 0 Å². The summed E-state index contributed by atoms with van der Waals surface area (Å²) in [5.41, 5.74) is 0.323. The van der Waals surface area contributed by atoms with Gasteiger partial charge in [-0.15, -0.1) is 0 Å². The number of pyridine rings is 1. The average Bonchev–Trinajstić information content (AvgIpc) is 2.94. The molecule has 0 bridgehead atoms. The van der Waals surface area contributed by atoms with Crippen LogP contribution in [0.15, 0.2) is 30.5 Å². The second-order valence-corrected chi connectivity index (χ2v) is 9.08. The second-order valence-electron chi connectivity index (χ2n) is 9.08. The SMILES string of the molecule is CC1(C=O)C=Cc2cccnc2C(OC2CC[N+](C)(C(=O)OC(C)(C)C)C2)=C1. The van der Waals surface area contributed by atoms with E-state index in [9.17, 15) is 9.59 Å². The van der Waals surface area contributed by atoms with Gasteiger partial charge in [0.2, 0.25) is 0 Å². The molecule has 2 aliphatic rings. The number of nitrogens with zero attached hydrogens (tertiary/aromatic N) is 2. The quantitative estimate of drug-likeness (QED) is 0.584. The molecular weight excluding hydrogens is 356 g/mol. The third kappa shape index (κ3) is 4.33. The van der Waals surface area contributed by atoms with Crippen LogP contribution >= 0.6 is 0 Å². The zero-order valence-electron chi connectivity index (χ0n) is 17.3. The van der Waals surface area contributed by atoms with E-state index in [-0.39, 0.29) is 16.7 Å². The number of amides is 1. The number of aromatic nitrogens is 1. The highest BCUT2D eigenvalue weighted by Crippen LogP contribution is 2.34. The van der Waals surface area contributed by atoms with E-state index < -0.39 is 11.0 Å². The summed E-state index contributed by atoms with van der Waals surface area (Å²) in [4.78, 5) is 28.8. The summed E-state index contributed by atoms with van der Waals surface area (Å²) in [7, 11) is 1.88. The van der Waals surface area contributed by atoms with Crippen molar-refractivity contribution in [3.05, 3.63) is 41.7 Å². The van der Waals surface area contributed by atoms with Gasteiger partial charge in [0.25, 0.3) is 0 Å². The van der Waals surface area contributed by atoms with E-state index in [1.807, 2.05) is 65.1 Å². The number of likely N-dealkylation sites (tertiary alicyclic amines) is 1. The Hall–Kier alpha value is -2.47. The molecule has 0 N–H and O–H groups in total. The van der Waals surface area contributed by atoms with Gasteiger partial charge in [-0.1, -0.05) is 18.2 Å². The highest BCUT2D eigenvalue weighted by Gasteiger charge is 2.45. The predicted octanol–water partition coefficient (Wildman–Crippen LogP) is 3.83. The summed E-state index contributed by atoms with van der Waals surface area (Å²) in [5, 5.41) is 0. The molecule has 0 radical (unpaired) electrons. The minimum Gasteiger partial charge on any atom is -0.482 e. The lowest BCUT2D eigenvalue weighted by atomic mass is 9.92. The summed E-state index contributed by atoms with van der Waals surface area (Å²) in [6.45, 7) is 8.60. The molecule has 1 aliphatic carbocycles. The minimum absolute atomic E-state index is 0.160. The fraction of sp³-hybridized carbons (Fsp3) is 0.500. The van der Waals surface area contributed by atoms with Gasteiger partial charge in [0.1, 0.15) is 29.9 Å². The van der Waals surface area contributed by atoms with Crippen LogP contribution in [-0.4, -0.2) is 53.7 Å². The van der Waals surface area contributed by atoms with Crippen LogP contribution in [0.2, 0.25) is 0 Å². The molecule has 3 rings (SSSR count). The Labute approximate surface area is 166 Å². The molecule has 3 unspecified atom stereocenters. The third-order valence-corrected chi connectivity index (χ3v) is 5.07. The highest BCUT2D eigenvalue weighted by molar-refractivity contribution is 5.79. The second kappa shape index (κ2) is 7.17. The van der Waals surface area contributed by atoms with Crippen LogP contribution in [0.1, 0.15) is 45.4 Å². The van der Waals surface area contributed by atoms with Gasteiger partial charge >= 0.3 is 6.09 Å². The Bertz CT molecular complexity index is 839. The van der Waals surface area contributed by atoms with Gasteiger partial charge in [-0.05, 0) is 39.8 Å². The molecule has 3 atom stereocenters. The van der Waals surface area contributed by atoms with Crippen LogP contribution < -0.4 is 0 Å². The fourth-order valence-electron chi connectivity index (χ4n) is 3.46. The van der Waals surface area contributed by atoms with Gasteiger partial charge in [0.15, 0.2) is 6.10 Å². The molecule has 0 spiro atoms. The van der Waals surface area contributed by atoms with E-state index in [0.29, 0.717) is 24.5 Å². The van der Waals surface area contributed by atoms with Crippen molar-refractivity contribution in [2.24, 2.45) is 5.41 Å². The molecule has 1 aliphatic heterocycles. The maximum absolute atomic E-state index is 12.6. The molecule has 6 nitrogen and oxygen atoms in total. The molecular formula is C22H29N2O4+. The Morgan fingerprint density at radius 1 is 1.39 bits per heavy atom. The zero-order chi connectivity index (χ0) is 20.6. The van der Waals surface area contributed by atoms with Crippen molar-refractivity contribution >= 4 is 24.2 Å². The van der Waals surface area contributed by atoms with Crippen LogP contribution in [0.4, 0.5) is 4.79 Å². The first-order valence-electron chi connectivity index (χ1n) is 9.62. The van der Waals surface area contributed by atoms with Crippen molar-refractivity contribution in [3.8, 4) is 0 Å². The molecule has 2 heterocycles. The number of quaternary nitrogens is 1. The number of ether oxygens (including phenoxy) is 2. The van der Waals surface area contributed by atoms with Gasteiger partial charge < -0.3 is 14.3 Å². The lowest BCUT2D eigenvalue weighted by molar-refractivity contribution is -0.827. The molecule has 28 heavy (non-hydrogen) atoms. The van der Waals surface area contributed by atoms with Crippen molar-refractivity contribution in [2.45, 2.75) is 45.8 Å². The smallest absolute Gasteiger partial charge is 0.482 e. The van der Waals surface area contributed by atoms with Crippen LogP contribution in [0, 0.1) is 5.41 Å². The number of fused-ring (bicyclic) bond motifs is 1. The van der Waals surface area contributed by atoms with E-state index in [0.717, 1.165) is 18.3 Å². The minimum atomic E-state index is -0.766. The molecule has 1 amide bonds. The molecule has 0 saturated carbocycles. The van der Waals surface area contributed by atoms with Crippen LogP contribution in [-0.2, 0) is 14.3 Å². The normalized spacial score (nSPS) is 29.5. The van der Waals surface area contributed by atoms with Crippen molar-refractivity contribution in [1.82, 2.24) is 4.98 Å². The highest BCUT2D eigenvalue weighted by atomic mass is 16.6. The summed E-state index contributed by atoms with van der Waals surface area (Å²) in [5.74, 6) is 0.581. The summed E-state index contributed by atoms with van der Waals surface area (Å²) >= 11 is 0. The summed E-state index contributed by atoms with van der Waals surface area (Å²) in [6.07, 6.45) is 8.49. The molecule has 0 aromatic carbocycles. The fourth-order valence-corrected chi connectivity index (χ4v) is 3.46. The Balaban J connectivity index is 1.82. The molecule has 1 aromatic heterocycles. The van der Waals surface area contributed by atoms with Crippen molar-refractivity contribution in [2.75, 3.05) is 20.1 Å². The molecule has 1 aromatic rings. The van der Waals surface area contributed by atoms with Gasteiger partial charge in [-0.25, -0.2) is 4.48 Å². The van der Waals surface area contributed by atoms with Gasteiger partial charge in [0.05, 0.1) is 19.0 Å². The molecule has 1 fully saturated rings. The van der Waals surface area contributed by atoms with Gasteiger partial charge in [0, 0.05) is 18.2 Å². The van der Waals surface area contributed by atoms with Crippen LogP contribution in [0.5, 0.6) is 0 Å². The first-order valence-corrected chi connectivity index (χ1v) is 9.62. The zero-order valence-corrected chi connectivity index (χ0v) is 17.3. The number of aldehydes is 1. The largest absolute Gasteiger partial charge is 0.516 e. The summed E-state index contributed by atoms with van der Waals surface area (Å²) < 4.78 is 12.1. The first kappa shape index (κ1) is 20.3. The van der Waals surface area contributed by atoms with Crippen molar-refractivity contribution < 1.29 is 23.5 Å². The van der Waals surface area contributed by atoms with Gasteiger partial charge in [-0.3, -0.25) is 4.98 Å². The lowest BCUT2D eigenvalue weighted by Gasteiger charge is -2.29. The third-order valence-electron chi connectivity index (χ3n) is 5.07. The monoisotopic (exact) mass is 385 g/mol. The first-order chi connectivity index (χ1) is 13.0. The number of carbonyl (C=O) groups excluding carboxylic acids is 2. The molecule has 150 valence electrons. The van der Waals surface area contributed by atoms with Gasteiger partial charge in [-0.2, -0.15) is 4.79 Å². The van der Waals surface area contributed by atoms with Crippen molar-refractivity contribution in [3.63, 3.8) is 0 Å². The van der Waals surface area contributed by atoms with Crippen LogP contribution in [0.25, 0.3) is 11.8 Å². The predicted molar refractivity (Wildman–Crippen MR) is 107 cm³/mol. The van der Waals surface area contributed by atoms with E-state index in [2.05, 4.69) is 4.98 Å². The van der Waals surface area contributed by atoms with Crippen molar-refractivity contribution in [1.29, 1.82) is 0 Å². The Morgan fingerprint density at radius 3 is 2.82 bits per heavy atom. The topological polar surface area (TPSA) is 65.5 Å². The number of allylic oxidation sites excluding steroid dienone is 2. The van der Waals surface area contributed by atoms with E-state index in [1.54, 1.807) is 6.20 Å². The molecule has 1 saturated heterocycles. The number of rotatable bonds is 3. The number of likely N-dealkylation sites (N-methyl/N-ethyl adjacent to an activating group) is 1. The maximum atomic E-state index is 12.6. The average molecular weight is 385 g/mol. The Morgan fingerprint density at radius 2 is 2.14 bits per heavy atom. The number of carbonyl (C=O) groups is 2. The number of hydrogen-bond acceptors (Lipinski definition) is 5. The van der Waals surface area contributed by atoms with E-state index in [1.165, 1.54) is 0 Å². The lowest BCUT2D eigenvalue weighted by Crippen LogP contribution is -2.50. The summed E-state index contributed by atoms with van der Waals surface area (Å²) in [6, 6.07) is 3.80. The van der Waals surface area contributed by atoms with E-state index in [4.69, 9.17) is 9.47 Å². The Kier molecular flexibility index (Phi) is 5.19. The maximum Gasteiger partial charge on any atom is 0.516 e. The molecule has 6 heteroatoms. The van der Waals surface area contributed by atoms with E-state index >= 15 is 0 Å². The number of hydrogen-bond donors (Lipinski definition) is 0. The standard InChI is InChI=1S/C22H29N2O4/c1-21(2,3)28-20(26)24(5)12-9-17(14-24)27-18-13-22(4,15-25)10-8-16-7-6-11-23-19(16)18/h6-8,10-11,13,15,17H,9,12,14H2,1-5H3/q+1.